The predicted octanol–water partition coefficient (Wildman–Crippen LogP) is 2.30. The summed E-state index contributed by atoms with van der Waals surface area (Å²) in [5, 5.41) is 3.17. The molecule has 100 valence electrons. The van der Waals surface area contributed by atoms with Crippen molar-refractivity contribution in [3.63, 3.8) is 0 Å². The summed E-state index contributed by atoms with van der Waals surface area (Å²) in [5.41, 5.74) is 6.06. The van der Waals surface area contributed by atoms with Crippen molar-refractivity contribution in [1.82, 2.24) is 5.32 Å². The molecule has 1 fully saturated rings. The minimum absolute atomic E-state index is 0.101. The van der Waals surface area contributed by atoms with Crippen molar-refractivity contribution in [2.45, 2.75) is 65.5 Å². The minimum atomic E-state index is 0.101. The van der Waals surface area contributed by atoms with Crippen LogP contribution in [0.5, 0.6) is 0 Å². The minimum Gasteiger partial charge on any atom is -0.352 e. The van der Waals surface area contributed by atoms with Gasteiger partial charge in [0.25, 0.3) is 0 Å². The Hall–Kier alpha value is -0.570. The van der Waals surface area contributed by atoms with E-state index in [2.05, 4.69) is 33.0 Å². The molecular weight excluding hydrogens is 212 g/mol. The second-order valence-electron chi connectivity index (χ2n) is 6.08. The zero-order valence-electron chi connectivity index (χ0n) is 11.7. The lowest BCUT2D eigenvalue weighted by Gasteiger charge is -2.32. The lowest BCUT2D eigenvalue weighted by molar-refractivity contribution is -0.128. The Balaban J connectivity index is 2.56. The molecule has 3 heteroatoms. The Morgan fingerprint density at radius 3 is 2.12 bits per heavy atom. The summed E-state index contributed by atoms with van der Waals surface area (Å²) >= 11 is 0. The fraction of sp³-hybridized carbons (Fsp3) is 0.929. The van der Waals surface area contributed by atoms with Crippen molar-refractivity contribution in [1.29, 1.82) is 0 Å². The maximum absolute atomic E-state index is 12.3. The van der Waals surface area contributed by atoms with Crippen LogP contribution in [0.1, 0.15) is 53.4 Å². The van der Waals surface area contributed by atoms with Crippen LogP contribution in [0, 0.1) is 17.8 Å². The standard InChI is InChI=1S/C14H28N2O/c1-9(2)13(10(3)4)14(17)16-12-8-6-5-7-11(12)15/h9-13H,5-8,15H2,1-4H3,(H,16,17). The number of hydrogen-bond donors (Lipinski definition) is 2. The van der Waals surface area contributed by atoms with E-state index >= 15 is 0 Å². The van der Waals surface area contributed by atoms with Crippen LogP contribution in [0.4, 0.5) is 0 Å². The second kappa shape index (κ2) is 6.39. The lowest BCUT2D eigenvalue weighted by Crippen LogP contribution is -2.52. The van der Waals surface area contributed by atoms with Crippen LogP contribution in [-0.2, 0) is 4.79 Å². The van der Waals surface area contributed by atoms with Gasteiger partial charge < -0.3 is 11.1 Å². The highest BCUT2D eigenvalue weighted by molar-refractivity contribution is 5.79. The monoisotopic (exact) mass is 240 g/mol. The van der Waals surface area contributed by atoms with Gasteiger partial charge in [0.2, 0.25) is 5.91 Å². The molecule has 0 radical (unpaired) electrons. The van der Waals surface area contributed by atoms with Crippen molar-refractivity contribution >= 4 is 5.91 Å². The largest absolute Gasteiger partial charge is 0.352 e. The molecule has 0 saturated heterocycles. The molecule has 3 nitrogen and oxygen atoms in total. The van der Waals surface area contributed by atoms with E-state index in [9.17, 15) is 4.79 Å². The molecule has 0 heterocycles. The summed E-state index contributed by atoms with van der Waals surface area (Å²) in [5.74, 6) is 1.06. The number of carbonyl (C=O) groups is 1. The first-order valence-corrected chi connectivity index (χ1v) is 6.99. The summed E-state index contributed by atoms with van der Waals surface area (Å²) < 4.78 is 0. The maximum Gasteiger partial charge on any atom is 0.223 e. The Morgan fingerprint density at radius 1 is 1.12 bits per heavy atom. The van der Waals surface area contributed by atoms with E-state index < -0.39 is 0 Å². The molecule has 2 unspecified atom stereocenters. The van der Waals surface area contributed by atoms with Crippen LogP contribution in [0.2, 0.25) is 0 Å². The van der Waals surface area contributed by atoms with Gasteiger partial charge in [0, 0.05) is 18.0 Å². The smallest absolute Gasteiger partial charge is 0.223 e. The molecule has 0 aliphatic heterocycles. The van der Waals surface area contributed by atoms with Gasteiger partial charge in [0.05, 0.1) is 0 Å². The fourth-order valence-corrected chi connectivity index (χ4v) is 2.99. The summed E-state index contributed by atoms with van der Waals surface area (Å²) in [4.78, 5) is 12.3. The maximum atomic E-state index is 12.3. The van der Waals surface area contributed by atoms with Crippen molar-refractivity contribution in [3.05, 3.63) is 0 Å². The van der Waals surface area contributed by atoms with Gasteiger partial charge in [-0.15, -0.1) is 0 Å². The molecule has 17 heavy (non-hydrogen) atoms. The summed E-state index contributed by atoms with van der Waals surface area (Å²) in [7, 11) is 0. The topological polar surface area (TPSA) is 55.1 Å². The van der Waals surface area contributed by atoms with Crippen molar-refractivity contribution < 1.29 is 4.79 Å². The SMILES string of the molecule is CC(C)C(C(=O)NC1CCCCC1N)C(C)C. The van der Waals surface area contributed by atoms with Crippen molar-refractivity contribution in [3.8, 4) is 0 Å². The van der Waals surface area contributed by atoms with E-state index in [1.165, 1.54) is 12.8 Å². The third-order valence-corrected chi connectivity index (χ3v) is 3.89. The number of amides is 1. The van der Waals surface area contributed by atoms with Crippen LogP contribution < -0.4 is 11.1 Å². The fourth-order valence-electron chi connectivity index (χ4n) is 2.99. The first-order valence-electron chi connectivity index (χ1n) is 6.99. The zero-order valence-corrected chi connectivity index (χ0v) is 11.7. The number of nitrogens with one attached hydrogen (secondary N) is 1. The number of nitrogens with two attached hydrogens (primary N) is 1. The Morgan fingerprint density at radius 2 is 1.65 bits per heavy atom. The van der Waals surface area contributed by atoms with Gasteiger partial charge in [-0.05, 0) is 24.7 Å². The Bertz CT molecular complexity index is 243. The van der Waals surface area contributed by atoms with Crippen LogP contribution in [0.3, 0.4) is 0 Å². The van der Waals surface area contributed by atoms with Gasteiger partial charge in [-0.1, -0.05) is 40.5 Å². The molecule has 1 aliphatic carbocycles. The van der Waals surface area contributed by atoms with E-state index in [-0.39, 0.29) is 23.9 Å². The molecule has 1 rings (SSSR count). The number of carbonyl (C=O) groups excluding carboxylic acids is 1. The van der Waals surface area contributed by atoms with E-state index in [4.69, 9.17) is 5.73 Å². The molecule has 0 aromatic carbocycles. The average molecular weight is 240 g/mol. The van der Waals surface area contributed by atoms with Gasteiger partial charge in [-0.25, -0.2) is 0 Å². The van der Waals surface area contributed by atoms with Gasteiger partial charge in [-0.2, -0.15) is 0 Å². The highest BCUT2D eigenvalue weighted by Crippen LogP contribution is 2.23. The molecule has 1 saturated carbocycles. The molecule has 1 amide bonds. The first kappa shape index (κ1) is 14.5. The van der Waals surface area contributed by atoms with Crippen LogP contribution in [0.15, 0.2) is 0 Å². The Kier molecular flexibility index (Phi) is 5.44. The molecule has 0 aromatic heterocycles. The zero-order chi connectivity index (χ0) is 13.0. The highest BCUT2D eigenvalue weighted by Gasteiger charge is 2.29. The second-order valence-corrected chi connectivity index (χ2v) is 6.08. The summed E-state index contributed by atoms with van der Waals surface area (Å²) in [6.45, 7) is 8.46. The van der Waals surface area contributed by atoms with E-state index in [0.717, 1.165) is 12.8 Å². The van der Waals surface area contributed by atoms with E-state index in [1.54, 1.807) is 0 Å². The van der Waals surface area contributed by atoms with E-state index in [1.807, 2.05) is 0 Å². The third-order valence-electron chi connectivity index (χ3n) is 3.89. The molecule has 1 aliphatic rings. The van der Waals surface area contributed by atoms with Gasteiger partial charge >= 0.3 is 0 Å². The summed E-state index contributed by atoms with van der Waals surface area (Å²) in [6.07, 6.45) is 4.47. The van der Waals surface area contributed by atoms with Gasteiger partial charge in [0.1, 0.15) is 0 Å². The van der Waals surface area contributed by atoms with Gasteiger partial charge in [0.15, 0.2) is 0 Å². The van der Waals surface area contributed by atoms with Crippen molar-refractivity contribution in [2.24, 2.45) is 23.5 Å². The molecule has 2 atom stereocenters. The highest BCUT2D eigenvalue weighted by atomic mass is 16.2. The van der Waals surface area contributed by atoms with Crippen molar-refractivity contribution in [2.75, 3.05) is 0 Å². The lowest BCUT2D eigenvalue weighted by atomic mass is 9.83. The van der Waals surface area contributed by atoms with E-state index in [0.29, 0.717) is 11.8 Å². The van der Waals surface area contributed by atoms with Gasteiger partial charge in [-0.3, -0.25) is 4.79 Å². The normalized spacial score (nSPS) is 25.6. The van der Waals surface area contributed by atoms with Crippen LogP contribution in [0.25, 0.3) is 0 Å². The molecule has 3 N–H and O–H groups in total. The molecule has 0 bridgehead atoms. The molecule has 0 aromatic rings. The van der Waals surface area contributed by atoms with Crippen LogP contribution >= 0.6 is 0 Å². The predicted molar refractivity (Wildman–Crippen MR) is 71.5 cm³/mol. The average Bonchev–Trinajstić information content (AvgIpc) is 2.20. The summed E-state index contributed by atoms with van der Waals surface area (Å²) in [6, 6.07) is 0.337. The number of hydrogen-bond acceptors (Lipinski definition) is 2. The number of rotatable bonds is 4. The quantitative estimate of drug-likeness (QED) is 0.792. The first-order chi connectivity index (χ1) is 7.93. The third kappa shape index (κ3) is 3.98. The Labute approximate surface area is 106 Å². The molecule has 0 spiro atoms. The van der Waals surface area contributed by atoms with Crippen LogP contribution in [-0.4, -0.2) is 18.0 Å². The molecular formula is C14H28N2O.